The van der Waals surface area contributed by atoms with Crippen molar-refractivity contribution in [1.82, 2.24) is 10.1 Å². The van der Waals surface area contributed by atoms with Crippen LogP contribution in [0.2, 0.25) is 0 Å². The molecular formula is C18H11N2O2. The van der Waals surface area contributed by atoms with Gasteiger partial charge < -0.3 is 8.94 Å². The summed E-state index contributed by atoms with van der Waals surface area (Å²) in [6.45, 7) is 0. The second kappa shape index (κ2) is 5.33. The molecule has 2 aromatic carbocycles. The molecule has 4 nitrogen and oxygen atoms in total. The van der Waals surface area contributed by atoms with Crippen LogP contribution >= 0.6 is 0 Å². The first-order valence-corrected chi connectivity index (χ1v) is 6.86. The monoisotopic (exact) mass is 287 g/mol. The van der Waals surface area contributed by atoms with Crippen molar-refractivity contribution in [2.45, 2.75) is 0 Å². The fraction of sp³-hybridized carbons (Fsp3) is 0. The van der Waals surface area contributed by atoms with Crippen LogP contribution in [0.3, 0.4) is 0 Å². The molecule has 0 bridgehead atoms. The zero-order chi connectivity index (χ0) is 14.8. The molecule has 0 saturated heterocycles. The molecule has 0 aliphatic heterocycles. The number of aromatic nitrogens is 2. The molecule has 0 atom stereocenters. The van der Waals surface area contributed by atoms with Gasteiger partial charge in [0.25, 0.3) is 5.89 Å². The maximum Gasteiger partial charge on any atom is 0.266 e. The lowest BCUT2D eigenvalue weighted by Gasteiger charge is -1.97. The highest BCUT2D eigenvalue weighted by molar-refractivity contribution is 5.75. The van der Waals surface area contributed by atoms with Crippen LogP contribution in [-0.2, 0) is 0 Å². The van der Waals surface area contributed by atoms with Gasteiger partial charge in [0.2, 0.25) is 5.76 Å². The molecule has 0 fully saturated rings. The second-order valence-electron chi connectivity index (χ2n) is 4.77. The van der Waals surface area contributed by atoms with E-state index in [1.165, 1.54) is 0 Å². The molecule has 0 aliphatic rings. The first-order valence-electron chi connectivity index (χ1n) is 6.86. The first kappa shape index (κ1) is 12.6. The van der Waals surface area contributed by atoms with Crippen molar-refractivity contribution >= 4 is 0 Å². The van der Waals surface area contributed by atoms with Crippen molar-refractivity contribution < 1.29 is 8.94 Å². The van der Waals surface area contributed by atoms with Crippen molar-refractivity contribution in [3.8, 4) is 34.0 Å². The molecule has 0 amide bonds. The molecule has 105 valence electrons. The summed E-state index contributed by atoms with van der Waals surface area (Å²) in [6.07, 6.45) is 4.47. The normalized spacial score (nSPS) is 10.7. The van der Waals surface area contributed by atoms with Crippen LogP contribution in [0.5, 0.6) is 0 Å². The van der Waals surface area contributed by atoms with Crippen LogP contribution < -0.4 is 0 Å². The quantitative estimate of drug-likeness (QED) is 0.558. The van der Waals surface area contributed by atoms with Gasteiger partial charge in [-0.3, -0.25) is 0 Å². The lowest BCUT2D eigenvalue weighted by atomic mass is 10.1. The Bertz CT molecular complexity index is 880. The van der Waals surface area contributed by atoms with Crippen molar-refractivity contribution in [3.63, 3.8) is 0 Å². The summed E-state index contributed by atoms with van der Waals surface area (Å²) in [5, 5.41) is 3.76. The van der Waals surface area contributed by atoms with E-state index in [-0.39, 0.29) is 0 Å². The Morgan fingerprint density at radius 3 is 2.23 bits per heavy atom. The van der Waals surface area contributed by atoms with Crippen LogP contribution in [0.4, 0.5) is 0 Å². The van der Waals surface area contributed by atoms with E-state index in [1.54, 1.807) is 6.26 Å². The molecule has 0 saturated carbocycles. The van der Waals surface area contributed by atoms with Gasteiger partial charge in [0.05, 0.1) is 5.56 Å². The fourth-order valence-corrected chi connectivity index (χ4v) is 2.28. The van der Waals surface area contributed by atoms with Gasteiger partial charge in [0.1, 0.15) is 18.2 Å². The number of hydrogen-bond acceptors (Lipinski definition) is 4. The summed E-state index contributed by atoms with van der Waals surface area (Å²) in [5.74, 6) is 0.875. The summed E-state index contributed by atoms with van der Waals surface area (Å²) in [7, 11) is 0. The molecule has 0 N–H and O–H groups in total. The van der Waals surface area contributed by atoms with Gasteiger partial charge >= 0.3 is 0 Å². The zero-order valence-corrected chi connectivity index (χ0v) is 11.6. The van der Waals surface area contributed by atoms with Crippen molar-refractivity contribution in [2.75, 3.05) is 0 Å². The predicted octanol–water partition coefficient (Wildman–Crippen LogP) is 4.46. The Morgan fingerprint density at radius 1 is 0.818 bits per heavy atom. The number of hydrogen-bond donors (Lipinski definition) is 0. The molecule has 2 heterocycles. The van der Waals surface area contributed by atoms with E-state index in [0.29, 0.717) is 11.7 Å². The maximum absolute atomic E-state index is 5.56. The summed E-state index contributed by atoms with van der Waals surface area (Å²) >= 11 is 0. The fourth-order valence-electron chi connectivity index (χ4n) is 2.28. The number of benzene rings is 2. The molecule has 2 aromatic heterocycles. The Hall–Kier alpha value is -3.14. The highest BCUT2D eigenvalue weighted by Crippen LogP contribution is 2.32. The minimum Gasteiger partial charge on any atom is -0.441 e. The average molecular weight is 287 g/mol. The lowest BCUT2D eigenvalue weighted by Crippen LogP contribution is -1.81. The van der Waals surface area contributed by atoms with E-state index in [4.69, 9.17) is 8.94 Å². The van der Waals surface area contributed by atoms with Crippen LogP contribution in [0.25, 0.3) is 34.0 Å². The number of rotatable bonds is 3. The number of oxazole rings is 1. The summed E-state index contributed by atoms with van der Waals surface area (Å²) in [4.78, 5) is 4.49. The third-order valence-corrected chi connectivity index (χ3v) is 3.35. The summed E-state index contributed by atoms with van der Waals surface area (Å²) in [5.41, 5.74) is 3.44. The predicted molar refractivity (Wildman–Crippen MR) is 81.7 cm³/mol. The third kappa shape index (κ3) is 2.20. The van der Waals surface area contributed by atoms with Crippen molar-refractivity contribution in [2.24, 2.45) is 0 Å². The molecule has 0 unspecified atom stereocenters. The topological polar surface area (TPSA) is 52.1 Å². The highest BCUT2D eigenvalue weighted by Gasteiger charge is 2.18. The van der Waals surface area contributed by atoms with E-state index >= 15 is 0 Å². The van der Waals surface area contributed by atoms with Gasteiger partial charge in [0, 0.05) is 5.56 Å². The molecule has 4 heteroatoms. The Kier molecular flexibility index (Phi) is 3.05. The number of nitrogens with zero attached hydrogens (tertiary/aromatic N) is 2. The standard InChI is InChI=1S/C18H11N2O2/c1-3-7-13(8-4-1)15-11-19-22-17(15)18-20-16(12-21-18)14-9-5-2-6-10-14/h1-10,12H. The van der Waals surface area contributed by atoms with Crippen molar-refractivity contribution in [3.05, 3.63) is 73.1 Å². The van der Waals surface area contributed by atoms with Crippen LogP contribution in [0.1, 0.15) is 0 Å². The van der Waals surface area contributed by atoms with E-state index < -0.39 is 0 Å². The SMILES string of the molecule is [c]1noc(-c2nc(-c3ccccc3)co2)c1-c1ccccc1. The smallest absolute Gasteiger partial charge is 0.266 e. The minimum absolute atomic E-state index is 0.395. The van der Waals surface area contributed by atoms with E-state index in [1.807, 2.05) is 60.7 Å². The minimum atomic E-state index is 0.395. The van der Waals surface area contributed by atoms with Crippen LogP contribution in [-0.4, -0.2) is 10.1 Å². The Morgan fingerprint density at radius 2 is 1.50 bits per heavy atom. The van der Waals surface area contributed by atoms with Crippen molar-refractivity contribution in [1.29, 1.82) is 0 Å². The Labute approximate surface area is 127 Å². The first-order chi connectivity index (χ1) is 10.9. The van der Waals surface area contributed by atoms with Gasteiger partial charge in [0.15, 0.2) is 0 Å². The summed E-state index contributed by atoms with van der Waals surface area (Å²) < 4.78 is 10.9. The van der Waals surface area contributed by atoms with Gasteiger partial charge in [-0.15, -0.1) is 0 Å². The molecule has 0 spiro atoms. The van der Waals surface area contributed by atoms with Gasteiger partial charge in [-0.1, -0.05) is 65.8 Å². The molecule has 0 aliphatic carbocycles. The maximum atomic E-state index is 5.56. The lowest BCUT2D eigenvalue weighted by molar-refractivity contribution is 0.414. The molecule has 22 heavy (non-hydrogen) atoms. The van der Waals surface area contributed by atoms with E-state index in [0.717, 1.165) is 22.4 Å². The zero-order valence-electron chi connectivity index (χ0n) is 11.6. The summed E-state index contributed by atoms with van der Waals surface area (Å²) in [6, 6.07) is 19.6. The van der Waals surface area contributed by atoms with Gasteiger partial charge in [-0.25, -0.2) is 4.98 Å². The third-order valence-electron chi connectivity index (χ3n) is 3.35. The Balaban J connectivity index is 1.76. The van der Waals surface area contributed by atoms with Crippen LogP contribution in [0.15, 0.2) is 75.9 Å². The molecule has 1 radical (unpaired) electrons. The highest BCUT2D eigenvalue weighted by atomic mass is 16.5. The largest absolute Gasteiger partial charge is 0.441 e. The van der Waals surface area contributed by atoms with Gasteiger partial charge in [-0.05, 0) is 5.56 Å². The molecule has 4 aromatic rings. The second-order valence-corrected chi connectivity index (χ2v) is 4.77. The van der Waals surface area contributed by atoms with Crippen LogP contribution in [0, 0.1) is 6.20 Å². The molecule has 4 rings (SSSR count). The van der Waals surface area contributed by atoms with E-state index in [2.05, 4.69) is 16.3 Å². The van der Waals surface area contributed by atoms with E-state index in [9.17, 15) is 0 Å². The molecular weight excluding hydrogens is 276 g/mol. The average Bonchev–Trinajstić information content (AvgIpc) is 3.25. The van der Waals surface area contributed by atoms with Gasteiger partial charge in [-0.2, -0.15) is 0 Å².